The third-order valence-corrected chi connectivity index (χ3v) is 4.28. The molecule has 2 rings (SSSR count). The topological polar surface area (TPSA) is 45.2 Å². The van der Waals surface area contributed by atoms with Gasteiger partial charge >= 0.3 is 0 Å². The van der Waals surface area contributed by atoms with Crippen LogP contribution in [0.25, 0.3) is 0 Å². The number of rotatable bonds is 6. The van der Waals surface area contributed by atoms with Crippen molar-refractivity contribution in [3.05, 3.63) is 23.8 Å². The molecule has 0 unspecified atom stereocenters. The summed E-state index contributed by atoms with van der Waals surface area (Å²) in [4.78, 5) is 5.29. The first-order valence-electron chi connectivity index (χ1n) is 7.63. The van der Waals surface area contributed by atoms with Crippen LogP contribution in [0.3, 0.4) is 0 Å². The fourth-order valence-electron chi connectivity index (χ4n) is 2.57. The lowest BCUT2D eigenvalue weighted by atomic mass is 10.1. The van der Waals surface area contributed by atoms with E-state index in [-0.39, 0.29) is 6.61 Å². The lowest BCUT2D eigenvalue weighted by molar-refractivity contribution is 0.148. The Labute approximate surface area is 137 Å². The summed E-state index contributed by atoms with van der Waals surface area (Å²) in [6.07, 6.45) is 0. The van der Waals surface area contributed by atoms with E-state index in [1.165, 1.54) is 0 Å². The molecule has 0 aromatic heterocycles. The molecule has 0 amide bonds. The first-order chi connectivity index (χ1) is 10.7. The van der Waals surface area contributed by atoms with Gasteiger partial charge in [0.2, 0.25) is 0 Å². The van der Waals surface area contributed by atoms with E-state index in [4.69, 9.17) is 26.8 Å². The Kier molecular flexibility index (Phi) is 6.42. The van der Waals surface area contributed by atoms with Crippen molar-refractivity contribution in [2.45, 2.75) is 6.92 Å². The van der Waals surface area contributed by atoms with Gasteiger partial charge in [-0.3, -0.25) is 4.90 Å². The largest absolute Gasteiger partial charge is 0.493 e. The highest BCUT2D eigenvalue weighted by molar-refractivity contribution is 7.80. The van der Waals surface area contributed by atoms with Crippen LogP contribution < -0.4 is 9.47 Å². The number of aliphatic hydroxyl groups excluding tert-OH is 1. The molecule has 0 saturated carbocycles. The number of ether oxygens (including phenoxy) is 2. The van der Waals surface area contributed by atoms with E-state index in [0.717, 1.165) is 49.0 Å². The average Bonchev–Trinajstić information content (AvgIpc) is 2.56. The molecule has 6 heteroatoms. The zero-order chi connectivity index (χ0) is 15.9. The molecule has 0 radical (unpaired) electrons. The van der Waals surface area contributed by atoms with Gasteiger partial charge in [-0.15, -0.1) is 0 Å². The summed E-state index contributed by atoms with van der Waals surface area (Å²) in [6, 6.07) is 5.83. The van der Waals surface area contributed by atoms with Crippen molar-refractivity contribution in [2.24, 2.45) is 0 Å². The predicted octanol–water partition coefficient (Wildman–Crippen LogP) is 1.38. The second-order valence-corrected chi connectivity index (χ2v) is 5.54. The van der Waals surface area contributed by atoms with Crippen LogP contribution in [-0.4, -0.2) is 72.9 Å². The number of β-amino-alcohol motifs (C(OH)–C–C–N with tert-alkyl or cyclic N) is 1. The van der Waals surface area contributed by atoms with Crippen molar-refractivity contribution in [1.82, 2.24) is 9.80 Å². The number of thiocarbonyl (C=S) groups is 1. The van der Waals surface area contributed by atoms with Crippen molar-refractivity contribution in [3.63, 3.8) is 0 Å². The van der Waals surface area contributed by atoms with Gasteiger partial charge in [0, 0.05) is 38.3 Å². The molecule has 0 aliphatic carbocycles. The number of aliphatic hydroxyl groups is 1. The molecule has 1 aromatic carbocycles. The van der Waals surface area contributed by atoms with Crippen molar-refractivity contribution < 1.29 is 14.6 Å². The molecule has 1 aliphatic heterocycles. The summed E-state index contributed by atoms with van der Waals surface area (Å²) in [6.45, 7) is 7.11. The van der Waals surface area contributed by atoms with Gasteiger partial charge in [-0.2, -0.15) is 0 Å². The summed E-state index contributed by atoms with van der Waals surface area (Å²) in [5, 5.41) is 8.99. The molecular formula is C16H24N2O3S. The van der Waals surface area contributed by atoms with Gasteiger partial charge in [-0.05, 0) is 25.1 Å². The number of piperazine rings is 1. The molecule has 0 atom stereocenters. The molecule has 1 heterocycles. The second-order valence-electron chi connectivity index (χ2n) is 5.16. The van der Waals surface area contributed by atoms with Gasteiger partial charge in [0.15, 0.2) is 11.5 Å². The molecule has 0 bridgehead atoms. The highest BCUT2D eigenvalue weighted by Gasteiger charge is 2.20. The van der Waals surface area contributed by atoms with Gasteiger partial charge in [0.1, 0.15) is 4.99 Å². The van der Waals surface area contributed by atoms with Crippen molar-refractivity contribution in [2.75, 3.05) is 53.0 Å². The molecule has 1 aromatic rings. The number of methoxy groups -OCH3 is 1. The monoisotopic (exact) mass is 324 g/mol. The maximum atomic E-state index is 8.99. The lowest BCUT2D eigenvalue weighted by Gasteiger charge is -2.36. The Morgan fingerprint density at radius 2 is 1.95 bits per heavy atom. The summed E-state index contributed by atoms with van der Waals surface area (Å²) in [5.74, 6) is 1.45. The summed E-state index contributed by atoms with van der Waals surface area (Å²) in [7, 11) is 1.64. The normalized spacial score (nSPS) is 15.7. The second kappa shape index (κ2) is 8.31. The number of benzene rings is 1. The zero-order valence-corrected chi connectivity index (χ0v) is 14.1. The van der Waals surface area contributed by atoms with E-state index in [1.54, 1.807) is 7.11 Å². The van der Waals surface area contributed by atoms with Crippen LogP contribution in [0.5, 0.6) is 11.5 Å². The van der Waals surface area contributed by atoms with E-state index < -0.39 is 0 Å². The minimum atomic E-state index is 0.209. The summed E-state index contributed by atoms with van der Waals surface area (Å²) in [5.41, 5.74) is 0.978. The lowest BCUT2D eigenvalue weighted by Crippen LogP contribution is -2.49. The summed E-state index contributed by atoms with van der Waals surface area (Å²) >= 11 is 5.62. The van der Waals surface area contributed by atoms with Gasteiger partial charge in [0.05, 0.1) is 20.3 Å². The Morgan fingerprint density at radius 1 is 1.23 bits per heavy atom. The molecule has 122 valence electrons. The zero-order valence-electron chi connectivity index (χ0n) is 13.2. The fraction of sp³-hybridized carbons (Fsp3) is 0.562. The smallest absolute Gasteiger partial charge is 0.161 e. The van der Waals surface area contributed by atoms with Crippen LogP contribution in [0, 0.1) is 0 Å². The Balaban J connectivity index is 2.04. The third kappa shape index (κ3) is 4.09. The van der Waals surface area contributed by atoms with Crippen molar-refractivity contribution in [3.8, 4) is 11.5 Å². The maximum Gasteiger partial charge on any atom is 0.161 e. The highest BCUT2D eigenvalue weighted by Crippen LogP contribution is 2.28. The van der Waals surface area contributed by atoms with E-state index >= 15 is 0 Å². The Bertz CT molecular complexity index is 502. The van der Waals surface area contributed by atoms with Gasteiger partial charge in [-0.1, -0.05) is 12.2 Å². The van der Waals surface area contributed by atoms with Gasteiger partial charge in [0.25, 0.3) is 0 Å². The quantitative estimate of drug-likeness (QED) is 0.798. The molecule has 5 nitrogen and oxygen atoms in total. The Morgan fingerprint density at radius 3 is 2.55 bits per heavy atom. The van der Waals surface area contributed by atoms with Crippen LogP contribution in [0.2, 0.25) is 0 Å². The molecule has 1 fully saturated rings. The van der Waals surface area contributed by atoms with E-state index in [2.05, 4.69) is 9.80 Å². The predicted molar refractivity (Wildman–Crippen MR) is 91.0 cm³/mol. The van der Waals surface area contributed by atoms with Crippen LogP contribution >= 0.6 is 12.2 Å². The first kappa shape index (κ1) is 17.0. The third-order valence-electron chi connectivity index (χ3n) is 3.79. The fourth-order valence-corrected chi connectivity index (χ4v) is 2.88. The van der Waals surface area contributed by atoms with E-state index in [1.807, 2.05) is 25.1 Å². The number of nitrogens with zero attached hydrogens (tertiary/aromatic N) is 2. The van der Waals surface area contributed by atoms with Crippen molar-refractivity contribution in [1.29, 1.82) is 0 Å². The SMILES string of the molecule is CCOc1ccc(C(=S)N2CCN(CCO)CC2)cc1OC. The van der Waals surface area contributed by atoms with E-state index in [0.29, 0.717) is 12.4 Å². The maximum absolute atomic E-state index is 8.99. The number of hydrogen-bond acceptors (Lipinski definition) is 5. The molecule has 22 heavy (non-hydrogen) atoms. The molecule has 1 N–H and O–H groups in total. The molecular weight excluding hydrogens is 300 g/mol. The van der Waals surface area contributed by atoms with Gasteiger partial charge < -0.3 is 19.5 Å². The first-order valence-corrected chi connectivity index (χ1v) is 8.03. The Hall–Kier alpha value is -1.37. The van der Waals surface area contributed by atoms with E-state index in [9.17, 15) is 0 Å². The minimum absolute atomic E-state index is 0.209. The van der Waals surface area contributed by atoms with Crippen LogP contribution in [0.1, 0.15) is 12.5 Å². The molecule has 1 aliphatic rings. The van der Waals surface area contributed by atoms with Crippen LogP contribution in [0.15, 0.2) is 18.2 Å². The highest BCUT2D eigenvalue weighted by atomic mass is 32.1. The average molecular weight is 324 g/mol. The van der Waals surface area contributed by atoms with Gasteiger partial charge in [-0.25, -0.2) is 0 Å². The number of hydrogen-bond donors (Lipinski definition) is 1. The van der Waals surface area contributed by atoms with Crippen LogP contribution in [-0.2, 0) is 0 Å². The molecule has 1 saturated heterocycles. The standard InChI is InChI=1S/C16H24N2O3S/c1-3-21-14-5-4-13(12-15(14)20-2)16(22)18-8-6-17(7-9-18)10-11-19/h4-5,12,19H,3,6-11H2,1-2H3. The summed E-state index contributed by atoms with van der Waals surface area (Å²) < 4.78 is 10.9. The minimum Gasteiger partial charge on any atom is -0.493 e. The molecule has 0 spiro atoms. The van der Waals surface area contributed by atoms with Crippen molar-refractivity contribution >= 4 is 17.2 Å². The van der Waals surface area contributed by atoms with Crippen LogP contribution in [0.4, 0.5) is 0 Å².